The van der Waals surface area contributed by atoms with E-state index < -0.39 is 0 Å². The molecule has 0 bridgehead atoms. The van der Waals surface area contributed by atoms with Gasteiger partial charge in [-0.2, -0.15) is 0 Å². The van der Waals surface area contributed by atoms with E-state index in [1.54, 1.807) is 22.7 Å². The van der Waals surface area contributed by atoms with Gasteiger partial charge >= 0.3 is 0 Å². The molecule has 1 saturated heterocycles. The van der Waals surface area contributed by atoms with Crippen molar-refractivity contribution in [2.45, 2.75) is 32.4 Å². The highest BCUT2D eigenvalue weighted by molar-refractivity contribution is 7.14. The van der Waals surface area contributed by atoms with E-state index >= 15 is 0 Å². The van der Waals surface area contributed by atoms with Crippen LogP contribution in [0.25, 0.3) is 10.6 Å². The predicted molar refractivity (Wildman–Crippen MR) is 109 cm³/mol. The first-order valence-corrected chi connectivity index (χ1v) is 10.6. The van der Waals surface area contributed by atoms with Crippen LogP contribution in [0.1, 0.15) is 22.9 Å². The Morgan fingerprint density at radius 1 is 1.23 bits per heavy atom. The van der Waals surface area contributed by atoms with Gasteiger partial charge in [0.15, 0.2) is 0 Å². The Labute approximate surface area is 162 Å². The average Bonchev–Trinajstić information content (AvgIpc) is 3.34. The quantitative estimate of drug-likeness (QED) is 0.662. The van der Waals surface area contributed by atoms with Crippen molar-refractivity contribution in [1.29, 1.82) is 0 Å². The molecule has 0 atom stereocenters. The van der Waals surface area contributed by atoms with E-state index in [4.69, 9.17) is 0 Å². The lowest BCUT2D eigenvalue weighted by molar-refractivity contribution is 0.200. The molecule has 0 aliphatic carbocycles. The lowest BCUT2D eigenvalue weighted by Crippen LogP contribution is -2.43. The molecule has 0 radical (unpaired) electrons. The van der Waals surface area contributed by atoms with Crippen LogP contribution in [0.15, 0.2) is 35.8 Å². The number of thiazole rings is 1. The van der Waals surface area contributed by atoms with Gasteiger partial charge in [-0.1, -0.05) is 23.5 Å². The molecule has 0 unspecified atom stereocenters. The van der Waals surface area contributed by atoms with Crippen LogP contribution in [-0.4, -0.2) is 46.3 Å². The van der Waals surface area contributed by atoms with Crippen molar-refractivity contribution in [2.75, 3.05) is 25.0 Å². The van der Waals surface area contributed by atoms with Crippen LogP contribution < -0.4 is 4.90 Å². The molecular weight excluding hydrogens is 362 g/mol. The summed E-state index contributed by atoms with van der Waals surface area (Å²) < 4.78 is 0. The zero-order chi connectivity index (χ0) is 17.9. The van der Waals surface area contributed by atoms with Crippen LogP contribution in [0.4, 0.5) is 5.69 Å². The molecule has 0 spiro atoms. The summed E-state index contributed by atoms with van der Waals surface area (Å²) in [5.41, 5.74) is 2.45. The summed E-state index contributed by atoms with van der Waals surface area (Å²) in [7, 11) is 2.22. The monoisotopic (exact) mass is 385 g/mol. The van der Waals surface area contributed by atoms with Crippen LogP contribution in [0, 0.1) is 6.92 Å². The van der Waals surface area contributed by atoms with E-state index in [-0.39, 0.29) is 0 Å². The molecule has 26 heavy (non-hydrogen) atoms. The molecule has 1 fully saturated rings. The Kier molecular flexibility index (Phi) is 5.28. The van der Waals surface area contributed by atoms with Crippen molar-refractivity contribution in [3.05, 3.63) is 45.9 Å². The Bertz CT molecular complexity index is 837. The highest BCUT2D eigenvalue weighted by Crippen LogP contribution is 2.29. The van der Waals surface area contributed by atoms with Gasteiger partial charge in [0, 0.05) is 42.0 Å². The van der Waals surface area contributed by atoms with Crippen LogP contribution in [0.2, 0.25) is 0 Å². The van der Waals surface area contributed by atoms with Crippen molar-refractivity contribution in [3.63, 3.8) is 0 Å². The Hall–Kier alpha value is -1.83. The van der Waals surface area contributed by atoms with Crippen LogP contribution in [0.5, 0.6) is 0 Å². The maximum Gasteiger partial charge on any atom is 0.147 e. The van der Waals surface area contributed by atoms with E-state index in [2.05, 4.69) is 61.7 Å². The summed E-state index contributed by atoms with van der Waals surface area (Å²) in [5.74, 6) is 0. The van der Waals surface area contributed by atoms with E-state index in [0.717, 1.165) is 35.2 Å². The Morgan fingerprint density at radius 2 is 2.08 bits per heavy atom. The Balaban J connectivity index is 1.39. The number of hydrogen-bond donors (Lipinski definition) is 0. The van der Waals surface area contributed by atoms with Crippen LogP contribution >= 0.6 is 22.7 Å². The summed E-state index contributed by atoms with van der Waals surface area (Å²) >= 11 is 3.39. The van der Waals surface area contributed by atoms with Gasteiger partial charge in [0.1, 0.15) is 15.0 Å². The molecule has 1 aliphatic rings. The van der Waals surface area contributed by atoms with Gasteiger partial charge < -0.3 is 4.90 Å². The third kappa shape index (κ3) is 3.95. The molecule has 0 saturated carbocycles. The number of nitrogens with zero attached hydrogens (tertiary/aromatic N) is 5. The topological polar surface area (TPSA) is 45.2 Å². The van der Waals surface area contributed by atoms with Gasteiger partial charge in [0.25, 0.3) is 0 Å². The second-order valence-corrected chi connectivity index (χ2v) is 8.90. The third-order valence-electron chi connectivity index (χ3n) is 4.94. The molecule has 5 nitrogen and oxygen atoms in total. The lowest BCUT2D eigenvalue weighted by Gasteiger charge is -2.37. The molecule has 3 aromatic rings. The fourth-order valence-electron chi connectivity index (χ4n) is 3.49. The highest BCUT2D eigenvalue weighted by Gasteiger charge is 2.23. The molecule has 0 amide bonds. The molecule has 3 heterocycles. The first-order valence-electron chi connectivity index (χ1n) is 8.93. The molecule has 136 valence electrons. The van der Waals surface area contributed by atoms with Gasteiger partial charge in [0.2, 0.25) is 0 Å². The summed E-state index contributed by atoms with van der Waals surface area (Å²) in [4.78, 5) is 9.36. The smallest absolute Gasteiger partial charge is 0.147 e. The number of aromatic nitrogens is 3. The predicted octanol–water partition coefficient (Wildman–Crippen LogP) is 4.07. The minimum atomic E-state index is 0.629. The first kappa shape index (κ1) is 17.6. The van der Waals surface area contributed by atoms with Crippen molar-refractivity contribution in [1.82, 2.24) is 20.1 Å². The summed E-state index contributed by atoms with van der Waals surface area (Å²) in [5, 5.41) is 13.7. The fourth-order valence-corrected chi connectivity index (χ4v) is 4.85. The minimum absolute atomic E-state index is 0.629. The number of rotatable bonds is 5. The molecule has 7 heteroatoms. The number of piperidine rings is 1. The lowest BCUT2D eigenvalue weighted by atomic mass is 10.0. The van der Waals surface area contributed by atoms with E-state index in [1.807, 2.05) is 13.1 Å². The molecule has 2 aromatic heterocycles. The van der Waals surface area contributed by atoms with Crippen molar-refractivity contribution in [3.8, 4) is 10.6 Å². The van der Waals surface area contributed by atoms with Crippen molar-refractivity contribution >= 4 is 28.4 Å². The van der Waals surface area contributed by atoms with Gasteiger partial charge in [0.05, 0.1) is 6.54 Å². The second kappa shape index (κ2) is 7.82. The van der Waals surface area contributed by atoms with E-state index in [0.29, 0.717) is 6.04 Å². The Morgan fingerprint density at radius 3 is 2.77 bits per heavy atom. The molecule has 0 N–H and O–H groups in total. The molecule has 1 aliphatic heterocycles. The van der Waals surface area contributed by atoms with Gasteiger partial charge in [-0.25, -0.2) is 4.98 Å². The van der Waals surface area contributed by atoms with Gasteiger partial charge in [-0.3, -0.25) is 4.90 Å². The van der Waals surface area contributed by atoms with Crippen molar-refractivity contribution < 1.29 is 0 Å². The standard InChI is InChI=1S/C19H23N5S2/c1-14-21-22-19(26-14)15-4-3-5-17(12-15)24-9-6-16(7-10-24)23(2)13-18-20-8-11-25-18/h3-5,8,11-12,16H,6-7,9-10,13H2,1-2H3. The largest absolute Gasteiger partial charge is 0.371 e. The second-order valence-electron chi connectivity index (χ2n) is 6.74. The van der Waals surface area contributed by atoms with E-state index in [1.165, 1.54) is 23.5 Å². The third-order valence-corrected chi connectivity index (χ3v) is 6.59. The normalized spacial score (nSPS) is 15.7. The highest BCUT2D eigenvalue weighted by atomic mass is 32.1. The van der Waals surface area contributed by atoms with Crippen LogP contribution in [-0.2, 0) is 6.54 Å². The molecular formula is C19H23N5S2. The van der Waals surface area contributed by atoms with Crippen LogP contribution in [0.3, 0.4) is 0 Å². The minimum Gasteiger partial charge on any atom is -0.371 e. The molecule has 1 aromatic carbocycles. The number of anilines is 1. The van der Waals surface area contributed by atoms with Gasteiger partial charge in [-0.05, 0) is 38.9 Å². The SMILES string of the molecule is Cc1nnc(-c2cccc(N3CCC(N(C)Cc4nccs4)CC3)c2)s1. The van der Waals surface area contributed by atoms with Crippen molar-refractivity contribution in [2.24, 2.45) is 0 Å². The molecule has 4 rings (SSSR count). The number of benzene rings is 1. The number of hydrogen-bond acceptors (Lipinski definition) is 7. The first-order chi connectivity index (χ1) is 12.7. The zero-order valence-electron chi connectivity index (χ0n) is 15.1. The zero-order valence-corrected chi connectivity index (χ0v) is 16.8. The number of aryl methyl sites for hydroxylation is 1. The van der Waals surface area contributed by atoms with E-state index in [9.17, 15) is 0 Å². The fraction of sp³-hybridized carbons (Fsp3) is 0.421. The maximum absolute atomic E-state index is 4.41. The summed E-state index contributed by atoms with van der Waals surface area (Å²) in [6, 6.07) is 9.33. The van der Waals surface area contributed by atoms with Gasteiger partial charge in [-0.15, -0.1) is 21.5 Å². The maximum atomic E-state index is 4.41. The average molecular weight is 386 g/mol. The summed E-state index contributed by atoms with van der Waals surface area (Å²) in [6.07, 6.45) is 4.26. The summed E-state index contributed by atoms with van der Waals surface area (Å²) in [6.45, 7) is 5.13.